The van der Waals surface area contributed by atoms with E-state index in [4.69, 9.17) is 4.74 Å². The molecule has 5 rings (SSSR count). The predicted octanol–water partition coefficient (Wildman–Crippen LogP) is 4.17. The fourth-order valence-corrected chi connectivity index (χ4v) is 6.41. The number of carbonyl (C=O) groups is 3. The van der Waals surface area contributed by atoms with E-state index in [1.165, 1.54) is 11.1 Å². The first-order valence-corrected chi connectivity index (χ1v) is 12.6. The zero-order valence-corrected chi connectivity index (χ0v) is 19.9. The van der Waals surface area contributed by atoms with Gasteiger partial charge in [-0.3, -0.25) is 9.59 Å². The standard InChI is InChI=1S/C28H32N2O5/c1-2-16(26(31)30-25-18-12-11-17(13-18)24(25)27(32)33)14-29-28(34)35-15-23-21-9-5-3-7-19(21)20-8-4-6-10-22(20)23/h3-10,16-18,23-25H,2,11-15H2,1H3,(H,29,34)(H,30,31)(H,32,33). The monoisotopic (exact) mass is 476 g/mol. The molecule has 7 nitrogen and oxygen atoms in total. The molecule has 35 heavy (non-hydrogen) atoms. The van der Waals surface area contributed by atoms with Gasteiger partial charge in [0.15, 0.2) is 0 Å². The van der Waals surface area contributed by atoms with Gasteiger partial charge < -0.3 is 20.5 Å². The van der Waals surface area contributed by atoms with Crippen LogP contribution in [0.3, 0.4) is 0 Å². The van der Waals surface area contributed by atoms with Gasteiger partial charge in [0.25, 0.3) is 0 Å². The van der Waals surface area contributed by atoms with Crippen LogP contribution in [0.2, 0.25) is 0 Å². The zero-order chi connectivity index (χ0) is 24.5. The van der Waals surface area contributed by atoms with Gasteiger partial charge in [-0.2, -0.15) is 0 Å². The topological polar surface area (TPSA) is 105 Å². The maximum Gasteiger partial charge on any atom is 0.407 e. The predicted molar refractivity (Wildman–Crippen MR) is 131 cm³/mol. The van der Waals surface area contributed by atoms with Crippen LogP contribution in [0.5, 0.6) is 0 Å². The molecule has 2 saturated carbocycles. The molecule has 0 aliphatic heterocycles. The van der Waals surface area contributed by atoms with Gasteiger partial charge >= 0.3 is 12.1 Å². The summed E-state index contributed by atoms with van der Waals surface area (Å²) < 4.78 is 5.58. The average molecular weight is 477 g/mol. The van der Waals surface area contributed by atoms with Crippen LogP contribution in [0, 0.1) is 23.7 Å². The van der Waals surface area contributed by atoms with E-state index in [0.717, 1.165) is 30.4 Å². The summed E-state index contributed by atoms with van der Waals surface area (Å²) in [6.07, 6.45) is 2.74. The molecule has 2 aromatic carbocycles. The Kier molecular flexibility index (Phi) is 6.50. The maximum atomic E-state index is 12.9. The van der Waals surface area contributed by atoms with Gasteiger partial charge in [-0.05, 0) is 59.8 Å². The van der Waals surface area contributed by atoms with E-state index in [1.54, 1.807) is 0 Å². The van der Waals surface area contributed by atoms with Crippen LogP contribution in [0.1, 0.15) is 49.7 Å². The average Bonchev–Trinajstić information content (AvgIpc) is 3.55. The highest BCUT2D eigenvalue weighted by Crippen LogP contribution is 2.48. The molecule has 0 aromatic heterocycles. The van der Waals surface area contributed by atoms with Crippen molar-refractivity contribution in [3.05, 3.63) is 59.7 Å². The highest BCUT2D eigenvalue weighted by Gasteiger charge is 2.51. The third kappa shape index (κ3) is 4.40. The van der Waals surface area contributed by atoms with E-state index >= 15 is 0 Å². The van der Waals surface area contributed by atoms with Crippen molar-refractivity contribution < 1.29 is 24.2 Å². The second kappa shape index (κ2) is 9.72. The van der Waals surface area contributed by atoms with E-state index < -0.39 is 23.9 Å². The van der Waals surface area contributed by atoms with Gasteiger partial charge in [-0.15, -0.1) is 0 Å². The SMILES string of the molecule is CCC(CNC(=O)OCC1c2ccccc2-c2ccccc21)C(=O)NC1C2CCC(C2)C1C(=O)O. The Morgan fingerprint density at radius 2 is 1.63 bits per heavy atom. The Balaban J connectivity index is 1.15. The van der Waals surface area contributed by atoms with Crippen molar-refractivity contribution in [2.24, 2.45) is 23.7 Å². The minimum Gasteiger partial charge on any atom is -0.481 e. The number of hydrogen-bond donors (Lipinski definition) is 3. The summed E-state index contributed by atoms with van der Waals surface area (Å²) in [4.78, 5) is 37.2. The summed E-state index contributed by atoms with van der Waals surface area (Å²) in [5, 5.41) is 15.4. The van der Waals surface area contributed by atoms with Crippen molar-refractivity contribution in [2.75, 3.05) is 13.2 Å². The minimum absolute atomic E-state index is 0.0239. The largest absolute Gasteiger partial charge is 0.481 e. The highest BCUT2D eigenvalue weighted by molar-refractivity contribution is 5.82. The quantitative estimate of drug-likeness (QED) is 0.531. The Morgan fingerprint density at radius 3 is 2.26 bits per heavy atom. The molecular weight excluding hydrogens is 444 g/mol. The molecule has 3 N–H and O–H groups in total. The van der Waals surface area contributed by atoms with Crippen LogP contribution >= 0.6 is 0 Å². The van der Waals surface area contributed by atoms with Crippen LogP contribution in [-0.2, 0) is 14.3 Å². The Hall–Kier alpha value is -3.35. The fraction of sp³-hybridized carbons (Fsp3) is 0.464. The number of fused-ring (bicyclic) bond motifs is 5. The first kappa shape index (κ1) is 23.4. The fourth-order valence-electron chi connectivity index (χ4n) is 6.41. The third-order valence-corrected chi connectivity index (χ3v) is 8.21. The van der Waals surface area contributed by atoms with Gasteiger partial charge in [-0.1, -0.05) is 55.5 Å². The lowest BCUT2D eigenvalue weighted by atomic mass is 9.84. The number of rotatable bonds is 8. The minimum atomic E-state index is -0.827. The summed E-state index contributed by atoms with van der Waals surface area (Å²) in [7, 11) is 0. The van der Waals surface area contributed by atoms with E-state index in [0.29, 0.717) is 6.42 Å². The molecule has 2 amide bonds. The summed E-state index contributed by atoms with van der Waals surface area (Å²) in [5.41, 5.74) is 4.62. The highest BCUT2D eigenvalue weighted by atomic mass is 16.5. The summed E-state index contributed by atoms with van der Waals surface area (Å²) >= 11 is 0. The normalized spacial score (nSPS) is 24.9. The van der Waals surface area contributed by atoms with Crippen molar-refractivity contribution in [1.82, 2.24) is 10.6 Å². The number of amides is 2. The molecule has 0 spiro atoms. The Morgan fingerprint density at radius 1 is 1.00 bits per heavy atom. The lowest BCUT2D eigenvalue weighted by Crippen LogP contribution is -2.50. The summed E-state index contributed by atoms with van der Waals surface area (Å²) in [6, 6.07) is 16.0. The molecule has 184 valence electrons. The number of alkyl carbamates (subject to hydrolysis) is 1. The van der Waals surface area contributed by atoms with Gasteiger partial charge in [0, 0.05) is 18.5 Å². The van der Waals surface area contributed by atoms with Gasteiger partial charge in [0.2, 0.25) is 5.91 Å². The molecule has 0 saturated heterocycles. The second-order valence-electron chi connectivity index (χ2n) is 10.0. The molecule has 7 heteroatoms. The van der Waals surface area contributed by atoms with E-state index in [1.807, 2.05) is 31.2 Å². The number of carbonyl (C=O) groups excluding carboxylic acids is 2. The van der Waals surface area contributed by atoms with Crippen LogP contribution in [0.4, 0.5) is 4.79 Å². The molecule has 3 aliphatic rings. The van der Waals surface area contributed by atoms with E-state index in [-0.39, 0.29) is 42.9 Å². The Bertz CT molecular complexity index is 1090. The van der Waals surface area contributed by atoms with Crippen LogP contribution < -0.4 is 10.6 Å². The van der Waals surface area contributed by atoms with Crippen molar-refractivity contribution in [3.8, 4) is 11.1 Å². The van der Waals surface area contributed by atoms with Crippen molar-refractivity contribution in [3.63, 3.8) is 0 Å². The van der Waals surface area contributed by atoms with E-state index in [9.17, 15) is 19.5 Å². The van der Waals surface area contributed by atoms with Crippen LogP contribution in [0.15, 0.2) is 48.5 Å². The lowest BCUT2D eigenvalue weighted by molar-refractivity contribution is -0.145. The van der Waals surface area contributed by atoms with Gasteiger partial charge in [0.05, 0.1) is 11.8 Å². The number of nitrogens with one attached hydrogen (secondary N) is 2. The first-order chi connectivity index (χ1) is 17.0. The molecule has 0 radical (unpaired) electrons. The second-order valence-corrected chi connectivity index (χ2v) is 10.0. The molecule has 2 aromatic rings. The molecule has 2 fully saturated rings. The number of ether oxygens (including phenoxy) is 1. The number of carboxylic acid groups (broad SMARTS) is 1. The number of aliphatic carboxylic acids is 1. The van der Waals surface area contributed by atoms with E-state index in [2.05, 4.69) is 34.9 Å². The molecule has 2 bridgehead atoms. The van der Waals surface area contributed by atoms with Gasteiger partial charge in [0.1, 0.15) is 6.61 Å². The van der Waals surface area contributed by atoms with Crippen molar-refractivity contribution in [2.45, 2.75) is 44.6 Å². The van der Waals surface area contributed by atoms with Crippen molar-refractivity contribution in [1.29, 1.82) is 0 Å². The molecule has 3 aliphatic carbocycles. The van der Waals surface area contributed by atoms with Crippen molar-refractivity contribution >= 4 is 18.0 Å². The summed E-state index contributed by atoms with van der Waals surface area (Å²) in [6.45, 7) is 2.25. The smallest absolute Gasteiger partial charge is 0.407 e. The van der Waals surface area contributed by atoms with Crippen LogP contribution in [0.25, 0.3) is 11.1 Å². The lowest BCUT2D eigenvalue weighted by Gasteiger charge is -2.30. The maximum absolute atomic E-state index is 12.9. The van der Waals surface area contributed by atoms with Gasteiger partial charge in [-0.25, -0.2) is 4.79 Å². The number of benzene rings is 2. The molecule has 0 heterocycles. The first-order valence-electron chi connectivity index (χ1n) is 12.6. The molecule has 5 unspecified atom stereocenters. The molecule has 5 atom stereocenters. The summed E-state index contributed by atoms with van der Waals surface area (Å²) in [5.74, 6) is -1.61. The third-order valence-electron chi connectivity index (χ3n) is 8.21. The number of hydrogen-bond acceptors (Lipinski definition) is 4. The zero-order valence-electron chi connectivity index (χ0n) is 19.9. The Labute approximate surface area is 205 Å². The molecular formula is C28H32N2O5. The number of carboxylic acids is 1. The van der Waals surface area contributed by atoms with Crippen LogP contribution in [-0.4, -0.2) is 42.3 Å².